The molecule has 0 aliphatic heterocycles. The third-order valence-electron chi connectivity index (χ3n) is 3.08. The molecule has 0 heterocycles. The van der Waals surface area contributed by atoms with E-state index in [0.717, 1.165) is 5.75 Å². The zero-order valence-electron chi connectivity index (χ0n) is 11.9. The fourth-order valence-electron chi connectivity index (χ4n) is 2.00. The van der Waals surface area contributed by atoms with Crippen LogP contribution in [-0.2, 0) is 0 Å². The molecular formula is C16H25BrO. The summed E-state index contributed by atoms with van der Waals surface area (Å²) >= 11 is 3.82. The Bertz CT molecular complexity index is 331. The first-order chi connectivity index (χ1) is 8.54. The van der Waals surface area contributed by atoms with Gasteiger partial charge in [0, 0.05) is 4.83 Å². The average molecular weight is 313 g/mol. The zero-order valence-corrected chi connectivity index (χ0v) is 13.5. The highest BCUT2D eigenvalue weighted by atomic mass is 79.9. The molecule has 0 bridgehead atoms. The number of ether oxygens (including phenoxy) is 1. The first-order valence-corrected chi connectivity index (χ1v) is 7.86. The molecule has 0 N–H and O–H groups in total. The van der Waals surface area contributed by atoms with Crippen LogP contribution in [0.2, 0.25) is 0 Å². The molecule has 0 aliphatic carbocycles. The molecule has 18 heavy (non-hydrogen) atoms. The van der Waals surface area contributed by atoms with E-state index in [-0.39, 0.29) is 6.10 Å². The van der Waals surface area contributed by atoms with Crippen LogP contribution in [0.4, 0.5) is 0 Å². The monoisotopic (exact) mass is 312 g/mol. The molecule has 1 nitrogen and oxygen atoms in total. The SMILES string of the molecule is CCCCC(C)C(Br)c1ccc(OC(C)C)cc1. The Morgan fingerprint density at radius 1 is 1.11 bits per heavy atom. The fourth-order valence-corrected chi connectivity index (χ4v) is 2.57. The van der Waals surface area contributed by atoms with Crippen LogP contribution in [0.25, 0.3) is 0 Å². The van der Waals surface area contributed by atoms with Crippen molar-refractivity contribution in [2.45, 2.75) is 57.9 Å². The number of alkyl halides is 1. The first kappa shape index (κ1) is 15.6. The minimum Gasteiger partial charge on any atom is -0.491 e. The second-order valence-corrected chi connectivity index (χ2v) is 6.24. The smallest absolute Gasteiger partial charge is 0.119 e. The van der Waals surface area contributed by atoms with Gasteiger partial charge in [-0.05, 0) is 43.9 Å². The second kappa shape index (κ2) is 7.83. The predicted octanol–water partition coefficient (Wildman–Crippen LogP) is 5.74. The van der Waals surface area contributed by atoms with Gasteiger partial charge in [-0.25, -0.2) is 0 Å². The Labute approximate surface area is 120 Å². The summed E-state index contributed by atoms with van der Waals surface area (Å²) in [5, 5.41) is 0. The predicted molar refractivity (Wildman–Crippen MR) is 82.6 cm³/mol. The highest BCUT2D eigenvalue weighted by Crippen LogP contribution is 2.34. The van der Waals surface area contributed by atoms with Crippen LogP contribution < -0.4 is 4.74 Å². The number of hydrogen-bond acceptors (Lipinski definition) is 1. The average Bonchev–Trinajstić information content (AvgIpc) is 2.35. The molecule has 0 saturated carbocycles. The molecule has 2 unspecified atom stereocenters. The lowest BCUT2D eigenvalue weighted by molar-refractivity contribution is 0.242. The van der Waals surface area contributed by atoms with Gasteiger partial charge in [0.2, 0.25) is 0 Å². The molecule has 102 valence electrons. The van der Waals surface area contributed by atoms with Gasteiger partial charge < -0.3 is 4.74 Å². The topological polar surface area (TPSA) is 9.23 Å². The van der Waals surface area contributed by atoms with Crippen LogP contribution in [0.3, 0.4) is 0 Å². The van der Waals surface area contributed by atoms with Crippen LogP contribution in [-0.4, -0.2) is 6.10 Å². The van der Waals surface area contributed by atoms with Crippen molar-refractivity contribution in [3.05, 3.63) is 29.8 Å². The van der Waals surface area contributed by atoms with Gasteiger partial charge in [0.25, 0.3) is 0 Å². The quantitative estimate of drug-likeness (QED) is 0.584. The van der Waals surface area contributed by atoms with Crippen LogP contribution in [0, 0.1) is 5.92 Å². The van der Waals surface area contributed by atoms with Crippen LogP contribution in [0.5, 0.6) is 5.75 Å². The maximum absolute atomic E-state index is 5.66. The van der Waals surface area contributed by atoms with Gasteiger partial charge in [-0.2, -0.15) is 0 Å². The van der Waals surface area contributed by atoms with E-state index in [1.165, 1.54) is 24.8 Å². The van der Waals surface area contributed by atoms with Gasteiger partial charge in [0.1, 0.15) is 5.75 Å². The molecule has 0 radical (unpaired) electrons. The summed E-state index contributed by atoms with van der Waals surface area (Å²) < 4.78 is 5.66. The summed E-state index contributed by atoms with van der Waals surface area (Å²) in [6.45, 7) is 8.66. The maximum atomic E-state index is 5.66. The second-order valence-electron chi connectivity index (χ2n) is 5.26. The summed E-state index contributed by atoms with van der Waals surface area (Å²) in [6.07, 6.45) is 4.08. The van der Waals surface area contributed by atoms with E-state index in [1.54, 1.807) is 0 Å². The standard InChI is InChI=1S/C16H25BrO/c1-5-6-7-13(4)16(17)14-8-10-15(11-9-14)18-12(2)3/h8-13,16H,5-7H2,1-4H3. The van der Waals surface area contributed by atoms with Crippen molar-refractivity contribution in [2.75, 3.05) is 0 Å². The van der Waals surface area contributed by atoms with Gasteiger partial charge >= 0.3 is 0 Å². The molecule has 1 aromatic rings. The van der Waals surface area contributed by atoms with Gasteiger partial charge in [0.15, 0.2) is 0 Å². The molecule has 1 aromatic carbocycles. The molecule has 0 fully saturated rings. The molecule has 0 spiro atoms. The molecule has 2 atom stereocenters. The van der Waals surface area contributed by atoms with Crippen molar-refractivity contribution in [3.63, 3.8) is 0 Å². The molecule has 0 saturated heterocycles. The lowest BCUT2D eigenvalue weighted by Gasteiger charge is -2.19. The van der Waals surface area contributed by atoms with E-state index in [9.17, 15) is 0 Å². The van der Waals surface area contributed by atoms with Crippen molar-refractivity contribution in [1.29, 1.82) is 0 Å². The van der Waals surface area contributed by atoms with E-state index in [2.05, 4.69) is 54.0 Å². The van der Waals surface area contributed by atoms with Gasteiger partial charge in [0.05, 0.1) is 6.10 Å². The zero-order chi connectivity index (χ0) is 13.5. The van der Waals surface area contributed by atoms with Crippen LogP contribution >= 0.6 is 15.9 Å². The normalized spacial score (nSPS) is 14.6. The summed E-state index contributed by atoms with van der Waals surface area (Å²) in [5.74, 6) is 1.62. The summed E-state index contributed by atoms with van der Waals surface area (Å²) in [7, 11) is 0. The van der Waals surface area contributed by atoms with E-state index in [0.29, 0.717) is 10.7 Å². The summed E-state index contributed by atoms with van der Waals surface area (Å²) in [6, 6.07) is 8.46. The third-order valence-corrected chi connectivity index (χ3v) is 4.51. The van der Waals surface area contributed by atoms with Crippen LogP contribution in [0.15, 0.2) is 24.3 Å². The van der Waals surface area contributed by atoms with Gasteiger partial charge in [-0.15, -0.1) is 0 Å². The Morgan fingerprint density at radius 3 is 2.22 bits per heavy atom. The highest BCUT2D eigenvalue weighted by Gasteiger charge is 2.15. The lowest BCUT2D eigenvalue weighted by atomic mass is 9.96. The van der Waals surface area contributed by atoms with Crippen molar-refractivity contribution in [3.8, 4) is 5.75 Å². The Balaban J connectivity index is 2.60. The number of halogens is 1. The van der Waals surface area contributed by atoms with Crippen molar-refractivity contribution >= 4 is 15.9 Å². The van der Waals surface area contributed by atoms with Gasteiger partial charge in [-0.3, -0.25) is 0 Å². The third kappa shape index (κ3) is 5.01. The molecule has 2 heteroatoms. The molecular weight excluding hydrogens is 288 g/mol. The first-order valence-electron chi connectivity index (χ1n) is 6.95. The fraction of sp³-hybridized carbons (Fsp3) is 0.625. The van der Waals surface area contributed by atoms with E-state index in [4.69, 9.17) is 4.74 Å². The van der Waals surface area contributed by atoms with E-state index < -0.39 is 0 Å². The minimum atomic E-state index is 0.235. The summed E-state index contributed by atoms with van der Waals surface area (Å²) in [4.78, 5) is 0.442. The largest absolute Gasteiger partial charge is 0.491 e. The number of benzene rings is 1. The number of hydrogen-bond donors (Lipinski definition) is 0. The summed E-state index contributed by atoms with van der Waals surface area (Å²) in [5.41, 5.74) is 1.34. The Hall–Kier alpha value is -0.500. The van der Waals surface area contributed by atoms with E-state index >= 15 is 0 Å². The molecule has 0 aliphatic rings. The Morgan fingerprint density at radius 2 is 1.72 bits per heavy atom. The van der Waals surface area contributed by atoms with E-state index in [1.807, 2.05) is 13.8 Å². The van der Waals surface area contributed by atoms with Crippen molar-refractivity contribution in [1.82, 2.24) is 0 Å². The highest BCUT2D eigenvalue weighted by molar-refractivity contribution is 9.09. The van der Waals surface area contributed by atoms with Crippen molar-refractivity contribution < 1.29 is 4.74 Å². The van der Waals surface area contributed by atoms with Crippen molar-refractivity contribution in [2.24, 2.45) is 5.92 Å². The number of rotatable bonds is 7. The minimum absolute atomic E-state index is 0.235. The molecule has 0 aromatic heterocycles. The number of unbranched alkanes of at least 4 members (excludes halogenated alkanes) is 1. The van der Waals surface area contributed by atoms with Gasteiger partial charge in [-0.1, -0.05) is 54.8 Å². The maximum Gasteiger partial charge on any atom is 0.119 e. The van der Waals surface area contributed by atoms with Crippen LogP contribution in [0.1, 0.15) is 57.3 Å². The molecule has 1 rings (SSSR count). The molecule has 0 amide bonds. The lowest BCUT2D eigenvalue weighted by Crippen LogP contribution is -2.06. The Kier molecular flexibility index (Phi) is 6.77.